The van der Waals surface area contributed by atoms with E-state index in [4.69, 9.17) is 23.9 Å². The van der Waals surface area contributed by atoms with Gasteiger partial charge in [-0.15, -0.1) is 0 Å². The van der Waals surface area contributed by atoms with Gasteiger partial charge in [0.15, 0.2) is 18.1 Å². The van der Waals surface area contributed by atoms with Gasteiger partial charge in [-0.2, -0.15) is 5.26 Å². The summed E-state index contributed by atoms with van der Waals surface area (Å²) in [4.78, 5) is 23.5. The highest BCUT2D eigenvalue weighted by atomic mass is 16.6. The van der Waals surface area contributed by atoms with Crippen LogP contribution in [-0.2, 0) is 4.79 Å². The Morgan fingerprint density at radius 1 is 1.15 bits per heavy atom. The summed E-state index contributed by atoms with van der Waals surface area (Å²) in [6.07, 6.45) is 0. The number of carbonyl (C=O) groups is 1. The first-order chi connectivity index (χ1) is 13.0. The smallest absolute Gasteiger partial charge is 0.349 e. The van der Waals surface area contributed by atoms with Gasteiger partial charge in [0.1, 0.15) is 11.3 Å². The van der Waals surface area contributed by atoms with E-state index in [0.717, 1.165) is 10.9 Å². The van der Waals surface area contributed by atoms with Gasteiger partial charge >= 0.3 is 11.6 Å². The topological polar surface area (TPSA) is 98.8 Å². The maximum atomic E-state index is 12.0. The molecule has 0 fully saturated rings. The Bertz CT molecular complexity index is 1110. The van der Waals surface area contributed by atoms with Crippen molar-refractivity contribution in [2.45, 2.75) is 6.92 Å². The maximum absolute atomic E-state index is 12.0. The first kappa shape index (κ1) is 18.0. The zero-order chi connectivity index (χ0) is 19.4. The van der Waals surface area contributed by atoms with Crippen molar-refractivity contribution in [1.29, 1.82) is 5.26 Å². The first-order valence-corrected chi connectivity index (χ1v) is 7.96. The van der Waals surface area contributed by atoms with Crippen LogP contribution in [-0.4, -0.2) is 19.7 Å². The van der Waals surface area contributed by atoms with Gasteiger partial charge in [0.2, 0.25) is 0 Å². The SMILES string of the molecule is COc1cc(C#N)ccc1OC(=O)COc1ccc2c(C)cc(=O)oc2c1. The summed E-state index contributed by atoms with van der Waals surface area (Å²) in [5, 5.41) is 9.67. The van der Waals surface area contributed by atoms with Crippen molar-refractivity contribution in [3.05, 3.63) is 64.0 Å². The van der Waals surface area contributed by atoms with Gasteiger partial charge < -0.3 is 18.6 Å². The number of carbonyl (C=O) groups excluding carboxylic acids is 1. The number of nitrogens with zero attached hydrogens (tertiary/aromatic N) is 1. The molecule has 27 heavy (non-hydrogen) atoms. The lowest BCUT2D eigenvalue weighted by Crippen LogP contribution is -2.18. The highest BCUT2D eigenvalue weighted by Gasteiger charge is 2.12. The molecule has 3 aromatic rings. The predicted octanol–water partition coefficient (Wildman–Crippen LogP) is 2.97. The summed E-state index contributed by atoms with van der Waals surface area (Å²) in [5.74, 6) is 0.166. The molecule has 0 N–H and O–H groups in total. The average molecular weight is 365 g/mol. The van der Waals surface area contributed by atoms with Crippen LogP contribution in [0, 0.1) is 18.3 Å². The molecule has 1 heterocycles. The van der Waals surface area contributed by atoms with Gasteiger partial charge in [-0.25, -0.2) is 9.59 Å². The van der Waals surface area contributed by atoms with E-state index >= 15 is 0 Å². The van der Waals surface area contributed by atoms with Crippen LogP contribution in [0.3, 0.4) is 0 Å². The monoisotopic (exact) mass is 365 g/mol. The molecule has 0 aliphatic rings. The molecular formula is C20H15NO6. The predicted molar refractivity (Wildman–Crippen MR) is 96.1 cm³/mol. The van der Waals surface area contributed by atoms with Crippen LogP contribution in [0.4, 0.5) is 0 Å². The standard InChI is InChI=1S/C20H15NO6/c1-12-7-19(22)27-17-9-14(4-5-15(12)17)25-11-20(23)26-16-6-3-13(10-21)8-18(16)24-2/h3-9H,11H2,1-2H3. The van der Waals surface area contributed by atoms with Crippen LogP contribution in [0.5, 0.6) is 17.2 Å². The lowest BCUT2D eigenvalue weighted by atomic mass is 10.1. The number of hydrogen-bond donors (Lipinski definition) is 0. The lowest BCUT2D eigenvalue weighted by molar-refractivity contribution is -0.136. The number of rotatable bonds is 5. The number of nitriles is 1. The van der Waals surface area contributed by atoms with Crippen LogP contribution in [0.15, 0.2) is 51.7 Å². The van der Waals surface area contributed by atoms with Gasteiger partial charge in [0.05, 0.1) is 18.7 Å². The van der Waals surface area contributed by atoms with E-state index in [2.05, 4.69) is 0 Å². The number of ether oxygens (including phenoxy) is 3. The zero-order valence-electron chi connectivity index (χ0n) is 14.6. The van der Waals surface area contributed by atoms with E-state index in [0.29, 0.717) is 16.9 Å². The van der Waals surface area contributed by atoms with E-state index in [1.165, 1.54) is 31.4 Å². The van der Waals surface area contributed by atoms with E-state index in [1.807, 2.05) is 13.0 Å². The highest BCUT2D eigenvalue weighted by Crippen LogP contribution is 2.28. The Labute approximate surface area is 154 Å². The van der Waals surface area contributed by atoms with Crippen molar-refractivity contribution in [3.63, 3.8) is 0 Å². The van der Waals surface area contributed by atoms with Gasteiger partial charge in [-0.1, -0.05) is 0 Å². The minimum Gasteiger partial charge on any atom is -0.493 e. The molecule has 0 saturated carbocycles. The number of benzene rings is 2. The van der Waals surface area contributed by atoms with Gasteiger partial charge in [0, 0.05) is 23.6 Å². The summed E-state index contributed by atoms with van der Waals surface area (Å²) in [6, 6.07) is 12.8. The number of esters is 1. The molecule has 0 saturated heterocycles. The number of methoxy groups -OCH3 is 1. The van der Waals surface area contributed by atoms with Crippen molar-refractivity contribution in [2.24, 2.45) is 0 Å². The minimum atomic E-state index is -0.649. The molecule has 0 spiro atoms. The molecule has 2 aromatic carbocycles. The molecule has 136 valence electrons. The van der Waals surface area contributed by atoms with E-state index in [1.54, 1.807) is 18.2 Å². The fourth-order valence-corrected chi connectivity index (χ4v) is 2.51. The summed E-state index contributed by atoms with van der Waals surface area (Å²) in [5.41, 5.74) is 1.10. The third kappa shape index (κ3) is 4.07. The normalized spacial score (nSPS) is 10.3. The number of aryl methyl sites for hydroxylation is 1. The summed E-state index contributed by atoms with van der Waals surface area (Å²) >= 11 is 0. The fraction of sp³-hybridized carbons (Fsp3) is 0.150. The van der Waals surface area contributed by atoms with Crippen LogP contribution in [0.2, 0.25) is 0 Å². The Hall–Kier alpha value is -3.79. The summed E-state index contributed by atoms with van der Waals surface area (Å²) < 4.78 is 20.9. The Kier molecular flexibility index (Phi) is 5.08. The van der Waals surface area contributed by atoms with Crippen molar-refractivity contribution in [3.8, 4) is 23.3 Å². The van der Waals surface area contributed by atoms with Crippen molar-refractivity contribution in [1.82, 2.24) is 0 Å². The number of fused-ring (bicyclic) bond motifs is 1. The molecule has 7 heteroatoms. The van der Waals surface area contributed by atoms with Crippen LogP contribution in [0.25, 0.3) is 11.0 Å². The van der Waals surface area contributed by atoms with Gasteiger partial charge in [-0.3, -0.25) is 0 Å². The molecule has 3 rings (SSSR count). The van der Waals surface area contributed by atoms with E-state index < -0.39 is 11.6 Å². The van der Waals surface area contributed by atoms with E-state index in [9.17, 15) is 9.59 Å². The van der Waals surface area contributed by atoms with Crippen LogP contribution < -0.4 is 19.8 Å². The molecule has 0 aliphatic heterocycles. The van der Waals surface area contributed by atoms with Crippen molar-refractivity contribution < 1.29 is 23.4 Å². The average Bonchev–Trinajstić information content (AvgIpc) is 2.66. The van der Waals surface area contributed by atoms with Crippen molar-refractivity contribution in [2.75, 3.05) is 13.7 Å². The van der Waals surface area contributed by atoms with Crippen molar-refractivity contribution >= 4 is 16.9 Å². The second kappa shape index (κ2) is 7.62. The summed E-state index contributed by atoms with van der Waals surface area (Å²) in [7, 11) is 1.41. The van der Waals surface area contributed by atoms with Crippen LogP contribution in [0.1, 0.15) is 11.1 Å². The molecule has 0 amide bonds. The molecule has 0 aliphatic carbocycles. The molecule has 0 unspecified atom stereocenters. The zero-order valence-corrected chi connectivity index (χ0v) is 14.6. The molecule has 0 bridgehead atoms. The molecule has 0 radical (unpaired) electrons. The minimum absolute atomic E-state index is 0.185. The first-order valence-electron chi connectivity index (χ1n) is 7.96. The third-order valence-electron chi connectivity index (χ3n) is 3.80. The number of hydrogen-bond acceptors (Lipinski definition) is 7. The molecule has 7 nitrogen and oxygen atoms in total. The molecule has 0 atom stereocenters. The molecule has 1 aromatic heterocycles. The lowest BCUT2D eigenvalue weighted by Gasteiger charge is -2.10. The van der Waals surface area contributed by atoms with Gasteiger partial charge in [-0.05, 0) is 36.8 Å². The third-order valence-corrected chi connectivity index (χ3v) is 3.80. The highest BCUT2D eigenvalue weighted by molar-refractivity contribution is 5.81. The Morgan fingerprint density at radius 3 is 2.70 bits per heavy atom. The fourth-order valence-electron chi connectivity index (χ4n) is 2.51. The second-order valence-electron chi connectivity index (χ2n) is 5.65. The Morgan fingerprint density at radius 2 is 1.96 bits per heavy atom. The maximum Gasteiger partial charge on any atom is 0.349 e. The van der Waals surface area contributed by atoms with E-state index in [-0.39, 0.29) is 18.1 Å². The summed E-state index contributed by atoms with van der Waals surface area (Å²) in [6.45, 7) is 1.45. The Balaban J connectivity index is 1.70. The second-order valence-corrected chi connectivity index (χ2v) is 5.65. The quantitative estimate of drug-likeness (QED) is 0.389. The molecular weight excluding hydrogens is 350 g/mol. The largest absolute Gasteiger partial charge is 0.493 e. The van der Waals surface area contributed by atoms with Crippen LogP contribution >= 0.6 is 0 Å². The van der Waals surface area contributed by atoms with Gasteiger partial charge in [0.25, 0.3) is 0 Å².